The van der Waals surface area contributed by atoms with Crippen molar-refractivity contribution in [3.05, 3.63) is 29.8 Å². The van der Waals surface area contributed by atoms with Gasteiger partial charge in [-0.1, -0.05) is 32.0 Å². The first-order valence-electron chi connectivity index (χ1n) is 7.47. The average molecular weight is 292 g/mol. The highest BCUT2D eigenvalue weighted by atomic mass is 16.5. The summed E-state index contributed by atoms with van der Waals surface area (Å²) in [5.74, 6) is 0.694. The number of hydrogen-bond donors (Lipinski definition) is 0. The van der Waals surface area contributed by atoms with E-state index < -0.39 is 0 Å². The van der Waals surface area contributed by atoms with Gasteiger partial charge in [0.15, 0.2) is 5.78 Å². The number of carbonyl (C=O) groups is 2. The smallest absolute Gasteiger partial charge is 0.306 e. The Morgan fingerprint density at radius 2 is 1.86 bits per heavy atom. The maximum absolute atomic E-state index is 11.7. The predicted octanol–water partition coefficient (Wildman–Crippen LogP) is 3.49. The molecule has 1 rings (SSSR count). The average Bonchev–Trinajstić information content (AvgIpc) is 2.50. The molecule has 1 unspecified atom stereocenters. The van der Waals surface area contributed by atoms with Crippen LogP contribution in [0.2, 0.25) is 0 Å². The van der Waals surface area contributed by atoms with Crippen molar-refractivity contribution >= 4 is 11.8 Å². The molecule has 4 nitrogen and oxygen atoms in total. The van der Waals surface area contributed by atoms with Gasteiger partial charge in [0.2, 0.25) is 0 Å². The van der Waals surface area contributed by atoms with E-state index in [0.717, 1.165) is 17.7 Å². The van der Waals surface area contributed by atoms with Gasteiger partial charge in [-0.3, -0.25) is 9.59 Å². The van der Waals surface area contributed by atoms with E-state index in [2.05, 4.69) is 13.8 Å². The molecule has 0 aliphatic heterocycles. The van der Waals surface area contributed by atoms with Crippen molar-refractivity contribution in [1.29, 1.82) is 0 Å². The zero-order chi connectivity index (χ0) is 15.7. The Kier molecular flexibility index (Phi) is 7.51. The van der Waals surface area contributed by atoms with Crippen molar-refractivity contribution in [1.82, 2.24) is 0 Å². The number of esters is 1. The lowest BCUT2D eigenvalue weighted by atomic mass is 9.98. The molecule has 0 aliphatic rings. The maximum Gasteiger partial charge on any atom is 0.306 e. The van der Waals surface area contributed by atoms with Gasteiger partial charge in [0.1, 0.15) is 12.4 Å². The standard InChI is InChI=1S/C17H24O4/c1-4-13(3)15-8-6-7-9-16(15)21-12-14(18)10-11-17(19)20-5-2/h6-9,13H,4-5,10-12H2,1-3H3. The fourth-order valence-electron chi connectivity index (χ4n) is 1.94. The van der Waals surface area contributed by atoms with Gasteiger partial charge >= 0.3 is 5.97 Å². The Morgan fingerprint density at radius 3 is 2.52 bits per heavy atom. The van der Waals surface area contributed by atoms with Crippen molar-refractivity contribution in [2.45, 2.75) is 46.0 Å². The zero-order valence-electron chi connectivity index (χ0n) is 13.1. The van der Waals surface area contributed by atoms with Crippen LogP contribution in [0.15, 0.2) is 24.3 Å². The molecule has 0 saturated heterocycles. The Balaban J connectivity index is 2.48. The van der Waals surface area contributed by atoms with Gasteiger partial charge in [-0.2, -0.15) is 0 Å². The van der Waals surface area contributed by atoms with E-state index in [1.165, 1.54) is 0 Å². The fourth-order valence-corrected chi connectivity index (χ4v) is 1.94. The molecule has 0 amide bonds. The number of rotatable bonds is 9. The van der Waals surface area contributed by atoms with Gasteiger partial charge in [-0.05, 0) is 30.9 Å². The minimum absolute atomic E-state index is 0.00709. The zero-order valence-corrected chi connectivity index (χ0v) is 13.1. The van der Waals surface area contributed by atoms with E-state index in [0.29, 0.717) is 12.5 Å². The van der Waals surface area contributed by atoms with Crippen molar-refractivity contribution in [2.24, 2.45) is 0 Å². The number of carbonyl (C=O) groups excluding carboxylic acids is 2. The van der Waals surface area contributed by atoms with Gasteiger partial charge in [-0.25, -0.2) is 0 Å². The monoisotopic (exact) mass is 292 g/mol. The summed E-state index contributed by atoms with van der Waals surface area (Å²) in [5, 5.41) is 0. The summed E-state index contributed by atoms with van der Waals surface area (Å²) in [7, 11) is 0. The van der Waals surface area contributed by atoms with Gasteiger partial charge < -0.3 is 9.47 Å². The molecule has 0 radical (unpaired) electrons. The fraction of sp³-hybridized carbons (Fsp3) is 0.529. The molecular weight excluding hydrogens is 268 g/mol. The Morgan fingerprint density at radius 1 is 1.14 bits per heavy atom. The number of ketones is 1. The summed E-state index contributed by atoms with van der Waals surface area (Å²) < 4.78 is 10.4. The van der Waals surface area contributed by atoms with Crippen LogP contribution >= 0.6 is 0 Å². The lowest BCUT2D eigenvalue weighted by Crippen LogP contribution is -2.15. The number of hydrogen-bond acceptors (Lipinski definition) is 4. The minimum Gasteiger partial charge on any atom is -0.486 e. The molecule has 0 aliphatic carbocycles. The van der Waals surface area contributed by atoms with E-state index in [1.54, 1.807) is 6.92 Å². The highest BCUT2D eigenvalue weighted by Gasteiger charge is 2.12. The lowest BCUT2D eigenvalue weighted by Gasteiger charge is -2.15. The van der Waals surface area contributed by atoms with Gasteiger partial charge in [0.05, 0.1) is 13.0 Å². The molecule has 116 valence electrons. The van der Waals surface area contributed by atoms with E-state index in [-0.39, 0.29) is 31.2 Å². The van der Waals surface area contributed by atoms with Crippen molar-refractivity contribution in [2.75, 3.05) is 13.2 Å². The Bertz CT molecular complexity index is 468. The Hall–Kier alpha value is -1.84. The summed E-state index contributed by atoms with van der Waals surface area (Å²) >= 11 is 0. The van der Waals surface area contributed by atoms with Gasteiger partial charge in [0.25, 0.3) is 0 Å². The van der Waals surface area contributed by atoms with Gasteiger partial charge in [-0.15, -0.1) is 0 Å². The molecule has 21 heavy (non-hydrogen) atoms. The predicted molar refractivity (Wildman–Crippen MR) is 81.5 cm³/mol. The van der Waals surface area contributed by atoms with E-state index in [1.807, 2.05) is 24.3 Å². The molecule has 0 saturated carbocycles. The second-order valence-corrected chi connectivity index (χ2v) is 4.98. The largest absolute Gasteiger partial charge is 0.486 e. The summed E-state index contributed by atoms with van der Waals surface area (Å²) in [6, 6.07) is 7.76. The summed E-state index contributed by atoms with van der Waals surface area (Å²) in [6.07, 6.45) is 1.28. The van der Waals surface area contributed by atoms with Crippen LogP contribution in [0.25, 0.3) is 0 Å². The molecular formula is C17H24O4. The van der Waals surface area contributed by atoms with Crippen LogP contribution in [-0.2, 0) is 14.3 Å². The minimum atomic E-state index is -0.342. The van der Waals surface area contributed by atoms with Crippen LogP contribution < -0.4 is 4.74 Å². The molecule has 4 heteroatoms. The van der Waals surface area contributed by atoms with Crippen LogP contribution in [0, 0.1) is 0 Å². The van der Waals surface area contributed by atoms with Crippen molar-refractivity contribution in [3.63, 3.8) is 0 Å². The maximum atomic E-state index is 11.7. The molecule has 0 bridgehead atoms. The van der Waals surface area contributed by atoms with Crippen LogP contribution in [0.3, 0.4) is 0 Å². The van der Waals surface area contributed by atoms with Crippen molar-refractivity contribution < 1.29 is 19.1 Å². The first-order valence-corrected chi connectivity index (χ1v) is 7.47. The third kappa shape index (κ3) is 5.98. The third-order valence-electron chi connectivity index (χ3n) is 3.36. The second-order valence-electron chi connectivity index (χ2n) is 4.98. The van der Waals surface area contributed by atoms with Gasteiger partial charge in [0, 0.05) is 6.42 Å². The van der Waals surface area contributed by atoms with Crippen LogP contribution in [0.4, 0.5) is 0 Å². The number of para-hydroxylation sites is 1. The topological polar surface area (TPSA) is 52.6 Å². The second kappa shape index (κ2) is 9.16. The summed E-state index contributed by atoms with van der Waals surface area (Å²) in [6.45, 7) is 6.32. The van der Waals surface area contributed by atoms with Crippen LogP contribution in [-0.4, -0.2) is 25.0 Å². The lowest BCUT2D eigenvalue weighted by molar-refractivity contribution is -0.144. The molecule has 0 heterocycles. The molecule has 0 N–H and O–H groups in total. The van der Waals surface area contributed by atoms with Crippen LogP contribution in [0.1, 0.15) is 51.5 Å². The van der Waals surface area contributed by atoms with E-state index >= 15 is 0 Å². The molecule has 0 spiro atoms. The third-order valence-corrected chi connectivity index (χ3v) is 3.36. The molecule has 1 atom stereocenters. The number of benzene rings is 1. The first kappa shape index (κ1) is 17.2. The van der Waals surface area contributed by atoms with E-state index in [4.69, 9.17) is 9.47 Å². The Labute approximate surface area is 126 Å². The first-order chi connectivity index (χ1) is 10.1. The highest BCUT2D eigenvalue weighted by molar-refractivity contribution is 5.84. The normalized spacial score (nSPS) is 11.8. The summed E-state index contributed by atoms with van der Waals surface area (Å²) in [5.41, 5.74) is 1.11. The SMILES string of the molecule is CCOC(=O)CCC(=O)COc1ccccc1C(C)CC. The summed E-state index contributed by atoms with van der Waals surface area (Å²) in [4.78, 5) is 22.9. The highest BCUT2D eigenvalue weighted by Crippen LogP contribution is 2.28. The quantitative estimate of drug-likeness (QED) is 0.654. The van der Waals surface area contributed by atoms with Crippen molar-refractivity contribution in [3.8, 4) is 5.75 Å². The molecule has 1 aromatic carbocycles. The number of ether oxygens (including phenoxy) is 2. The van der Waals surface area contributed by atoms with E-state index in [9.17, 15) is 9.59 Å². The van der Waals surface area contributed by atoms with Crippen LogP contribution in [0.5, 0.6) is 5.75 Å². The molecule has 0 aromatic heterocycles. The molecule has 1 aromatic rings. The molecule has 0 fully saturated rings. The number of Topliss-reactive ketones (excluding diaryl/α,β-unsaturated/α-hetero) is 1.